The molecule has 1 heterocycles. The Morgan fingerprint density at radius 1 is 1.38 bits per heavy atom. The van der Waals surface area contributed by atoms with Gasteiger partial charge in [0.25, 0.3) is 0 Å². The molecule has 86 valence electrons. The number of carbonyl (C=O) groups is 1. The van der Waals surface area contributed by atoms with Gasteiger partial charge in [0.2, 0.25) is 5.91 Å². The molecule has 1 saturated heterocycles. The van der Waals surface area contributed by atoms with E-state index in [1.807, 2.05) is 35.2 Å². The third-order valence-electron chi connectivity index (χ3n) is 2.98. The number of benzene rings is 1. The number of nitrogens with zero attached hydrogens (tertiary/aromatic N) is 1. The molecular weight excluding hydrogens is 202 g/mol. The normalized spacial score (nSPS) is 21.2. The van der Waals surface area contributed by atoms with Crippen molar-refractivity contribution in [2.45, 2.75) is 32.0 Å². The zero-order valence-corrected chi connectivity index (χ0v) is 9.56. The van der Waals surface area contributed by atoms with E-state index in [1.165, 1.54) is 0 Å². The van der Waals surface area contributed by atoms with Crippen molar-refractivity contribution in [2.24, 2.45) is 0 Å². The first-order valence-electron chi connectivity index (χ1n) is 5.67. The van der Waals surface area contributed by atoms with Crippen molar-refractivity contribution in [3.8, 4) is 0 Å². The topological polar surface area (TPSA) is 29.5 Å². The van der Waals surface area contributed by atoms with Crippen LogP contribution in [0, 0.1) is 0 Å². The summed E-state index contributed by atoms with van der Waals surface area (Å²) < 4.78 is 5.35. The molecule has 0 aliphatic carbocycles. The molecule has 16 heavy (non-hydrogen) atoms. The second kappa shape index (κ2) is 5.12. The molecule has 1 fully saturated rings. The van der Waals surface area contributed by atoms with Crippen LogP contribution in [0.5, 0.6) is 0 Å². The largest absolute Gasteiger partial charge is 0.362 e. The molecule has 0 radical (unpaired) electrons. The van der Waals surface area contributed by atoms with Crippen LogP contribution < -0.4 is 0 Å². The molecular formula is C13H17NO2. The molecule has 1 aromatic rings. The number of rotatable bonds is 3. The lowest BCUT2D eigenvalue weighted by Crippen LogP contribution is -2.43. The van der Waals surface area contributed by atoms with Crippen LogP contribution in [0.25, 0.3) is 0 Å². The van der Waals surface area contributed by atoms with Gasteiger partial charge in [0.05, 0.1) is 0 Å². The van der Waals surface area contributed by atoms with Crippen LogP contribution in [0.15, 0.2) is 30.3 Å². The van der Waals surface area contributed by atoms with Gasteiger partial charge >= 0.3 is 0 Å². The van der Waals surface area contributed by atoms with Crippen molar-refractivity contribution in [3.63, 3.8) is 0 Å². The first-order valence-corrected chi connectivity index (χ1v) is 5.67. The van der Waals surface area contributed by atoms with Crippen LogP contribution in [0.2, 0.25) is 0 Å². The summed E-state index contributed by atoms with van der Waals surface area (Å²) in [6, 6.07) is 10.0. The maximum atomic E-state index is 11.8. The highest BCUT2D eigenvalue weighted by molar-refractivity contribution is 5.77. The molecule has 1 aliphatic rings. The molecule has 1 aromatic carbocycles. The van der Waals surface area contributed by atoms with Crippen molar-refractivity contribution in [1.82, 2.24) is 4.90 Å². The maximum Gasteiger partial charge on any atom is 0.224 e. The third-order valence-corrected chi connectivity index (χ3v) is 2.98. The number of ether oxygens (including phenoxy) is 1. The number of piperidine rings is 1. The zero-order valence-electron chi connectivity index (χ0n) is 9.56. The summed E-state index contributed by atoms with van der Waals surface area (Å²) in [6.45, 7) is 0.651. The second-order valence-corrected chi connectivity index (χ2v) is 4.09. The molecule has 1 atom stereocenters. The Morgan fingerprint density at radius 2 is 2.12 bits per heavy atom. The number of carbonyl (C=O) groups excluding carboxylic acids is 1. The summed E-state index contributed by atoms with van der Waals surface area (Å²) in [5.74, 6) is 0.196. The van der Waals surface area contributed by atoms with Gasteiger partial charge in [-0.3, -0.25) is 4.79 Å². The Hall–Kier alpha value is -1.35. The van der Waals surface area contributed by atoms with Gasteiger partial charge in [0.15, 0.2) is 0 Å². The van der Waals surface area contributed by atoms with E-state index in [4.69, 9.17) is 4.74 Å². The van der Waals surface area contributed by atoms with E-state index in [1.54, 1.807) is 7.11 Å². The molecule has 1 unspecified atom stereocenters. The summed E-state index contributed by atoms with van der Waals surface area (Å²) in [5, 5.41) is 0. The van der Waals surface area contributed by atoms with E-state index in [0.29, 0.717) is 13.0 Å². The summed E-state index contributed by atoms with van der Waals surface area (Å²) in [6.07, 6.45) is 2.46. The van der Waals surface area contributed by atoms with Crippen LogP contribution in [-0.2, 0) is 16.1 Å². The molecule has 1 amide bonds. The van der Waals surface area contributed by atoms with E-state index in [2.05, 4.69) is 0 Å². The van der Waals surface area contributed by atoms with Gasteiger partial charge in [-0.2, -0.15) is 0 Å². The van der Waals surface area contributed by atoms with Gasteiger partial charge < -0.3 is 9.64 Å². The smallest absolute Gasteiger partial charge is 0.224 e. The van der Waals surface area contributed by atoms with E-state index >= 15 is 0 Å². The standard InChI is InChI=1S/C13H17NO2/c1-16-13-9-5-8-12(15)14(13)10-11-6-3-2-4-7-11/h2-4,6-7,13H,5,8-10H2,1H3. The van der Waals surface area contributed by atoms with Crippen LogP contribution >= 0.6 is 0 Å². The number of hydrogen-bond donors (Lipinski definition) is 0. The highest BCUT2D eigenvalue weighted by atomic mass is 16.5. The van der Waals surface area contributed by atoms with Gasteiger partial charge in [0.1, 0.15) is 6.23 Å². The molecule has 0 bridgehead atoms. The highest BCUT2D eigenvalue weighted by Crippen LogP contribution is 2.20. The lowest BCUT2D eigenvalue weighted by molar-refractivity contribution is -0.151. The number of hydrogen-bond acceptors (Lipinski definition) is 2. The summed E-state index contributed by atoms with van der Waals surface area (Å²) in [7, 11) is 1.67. The van der Waals surface area contributed by atoms with Crippen molar-refractivity contribution >= 4 is 5.91 Å². The number of amides is 1. The van der Waals surface area contributed by atoms with Crippen molar-refractivity contribution in [2.75, 3.05) is 7.11 Å². The van der Waals surface area contributed by atoms with E-state index in [9.17, 15) is 4.79 Å². The highest BCUT2D eigenvalue weighted by Gasteiger charge is 2.27. The Labute approximate surface area is 96.0 Å². The number of likely N-dealkylation sites (tertiary alicyclic amines) is 1. The minimum atomic E-state index is -0.0542. The predicted molar refractivity (Wildman–Crippen MR) is 61.6 cm³/mol. The van der Waals surface area contributed by atoms with Gasteiger partial charge in [-0.15, -0.1) is 0 Å². The molecule has 3 nitrogen and oxygen atoms in total. The minimum absolute atomic E-state index is 0.0542. The molecule has 0 N–H and O–H groups in total. The van der Waals surface area contributed by atoms with Gasteiger partial charge in [-0.1, -0.05) is 30.3 Å². The molecule has 1 aliphatic heterocycles. The van der Waals surface area contributed by atoms with Gasteiger partial charge in [-0.05, 0) is 18.4 Å². The van der Waals surface area contributed by atoms with E-state index in [-0.39, 0.29) is 12.1 Å². The van der Waals surface area contributed by atoms with E-state index < -0.39 is 0 Å². The summed E-state index contributed by atoms with van der Waals surface area (Å²) in [5.41, 5.74) is 1.15. The average Bonchev–Trinajstić information content (AvgIpc) is 2.33. The average molecular weight is 219 g/mol. The zero-order chi connectivity index (χ0) is 11.4. The van der Waals surface area contributed by atoms with Crippen molar-refractivity contribution in [3.05, 3.63) is 35.9 Å². The van der Waals surface area contributed by atoms with Crippen LogP contribution in [0.1, 0.15) is 24.8 Å². The summed E-state index contributed by atoms with van der Waals surface area (Å²) in [4.78, 5) is 13.6. The Kier molecular flexibility index (Phi) is 3.57. The molecule has 0 spiro atoms. The Balaban J connectivity index is 2.08. The predicted octanol–water partition coefficient (Wildman–Crippen LogP) is 2.17. The third kappa shape index (κ3) is 2.42. The lowest BCUT2D eigenvalue weighted by atomic mass is 10.1. The summed E-state index contributed by atoms with van der Waals surface area (Å²) >= 11 is 0. The Morgan fingerprint density at radius 3 is 2.81 bits per heavy atom. The maximum absolute atomic E-state index is 11.8. The first kappa shape index (κ1) is 11.1. The van der Waals surface area contributed by atoms with Crippen LogP contribution in [0.3, 0.4) is 0 Å². The minimum Gasteiger partial charge on any atom is -0.362 e. The fraction of sp³-hybridized carbons (Fsp3) is 0.462. The van der Waals surface area contributed by atoms with E-state index in [0.717, 1.165) is 18.4 Å². The van der Waals surface area contributed by atoms with Crippen LogP contribution in [-0.4, -0.2) is 24.1 Å². The molecule has 2 rings (SSSR count). The van der Waals surface area contributed by atoms with Gasteiger partial charge in [-0.25, -0.2) is 0 Å². The fourth-order valence-corrected chi connectivity index (χ4v) is 2.10. The molecule has 0 saturated carbocycles. The monoisotopic (exact) mass is 219 g/mol. The second-order valence-electron chi connectivity index (χ2n) is 4.09. The quantitative estimate of drug-likeness (QED) is 0.779. The molecule has 3 heteroatoms. The van der Waals surface area contributed by atoms with Crippen molar-refractivity contribution in [1.29, 1.82) is 0 Å². The Bertz CT molecular complexity index is 350. The lowest BCUT2D eigenvalue weighted by Gasteiger charge is -2.34. The SMILES string of the molecule is COC1CCCC(=O)N1Cc1ccccc1. The van der Waals surface area contributed by atoms with Gasteiger partial charge in [0, 0.05) is 20.1 Å². The fourth-order valence-electron chi connectivity index (χ4n) is 2.10. The number of methoxy groups -OCH3 is 1. The van der Waals surface area contributed by atoms with Crippen LogP contribution in [0.4, 0.5) is 0 Å². The van der Waals surface area contributed by atoms with Crippen molar-refractivity contribution < 1.29 is 9.53 Å². The first-order chi connectivity index (χ1) is 7.81. The molecule has 0 aromatic heterocycles.